The maximum absolute atomic E-state index is 13.7. The molecule has 0 fully saturated rings. The van der Waals surface area contributed by atoms with Gasteiger partial charge in [-0.1, -0.05) is 19.8 Å². The fourth-order valence-electron chi connectivity index (χ4n) is 2.14. The van der Waals surface area contributed by atoms with Gasteiger partial charge < -0.3 is 10.4 Å². The summed E-state index contributed by atoms with van der Waals surface area (Å²) in [6, 6.07) is 0. The van der Waals surface area contributed by atoms with Crippen molar-refractivity contribution in [2.24, 2.45) is 5.92 Å². The van der Waals surface area contributed by atoms with Gasteiger partial charge in [0.2, 0.25) is 0 Å². The van der Waals surface area contributed by atoms with Crippen LogP contribution in [-0.2, 0) is 4.79 Å². The molecule has 112 valence electrons. The zero-order valence-corrected chi connectivity index (χ0v) is 12.0. The van der Waals surface area contributed by atoms with E-state index in [1.54, 1.807) is 6.92 Å². The average molecular weight is 283 g/mol. The molecule has 0 amide bonds. The minimum absolute atomic E-state index is 0.186. The Bertz CT molecular complexity index is 440. The van der Waals surface area contributed by atoms with Gasteiger partial charge in [0, 0.05) is 13.0 Å². The molecule has 0 saturated carbocycles. The number of aryl methyl sites for hydroxylation is 1. The molecule has 1 rings (SSSR count). The monoisotopic (exact) mass is 283 g/mol. The molecule has 0 bridgehead atoms. The van der Waals surface area contributed by atoms with Gasteiger partial charge in [-0.05, 0) is 25.7 Å². The molecular weight excluding hydrogens is 261 g/mol. The van der Waals surface area contributed by atoms with Crippen molar-refractivity contribution in [1.82, 2.24) is 9.97 Å². The van der Waals surface area contributed by atoms with Crippen LogP contribution >= 0.6 is 0 Å². The second kappa shape index (κ2) is 8.45. The summed E-state index contributed by atoms with van der Waals surface area (Å²) < 4.78 is 13.7. The molecular formula is C14H22FN3O2. The Labute approximate surface area is 118 Å². The van der Waals surface area contributed by atoms with Crippen LogP contribution < -0.4 is 5.32 Å². The number of nitrogens with one attached hydrogen (secondary N) is 1. The van der Waals surface area contributed by atoms with Gasteiger partial charge in [0.15, 0.2) is 11.6 Å². The van der Waals surface area contributed by atoms with Crippen molar-refractivity contribution in [2.75, 3.05) is 11.9 Å². The smallest absolute Gasteiger partial charge is 0.303 e. The van der Waals surface area contributed by atoms with Gasteiger partial charge in [-0.3, -0.25) is 4.79 Å². The van der Waals surface area contributed by atoms with Gasteiger partial charge in [-0.2, -0.15) is 0 Å². The molecule has 0 saturated heterocycles. The second-order valence-electron chi connectivity index (χ2n) is 4.92. The molecule has 1 unspecified atom stereocenters. The van der Waals surface area contributed by atoms with Gasteiger partial charge in [-0.15, -0.1) is 0 Å². The van der Waals surface area contributed by atoms with E-state index in [9.17, 15) is 9.18 Å². The van der Waals surface area contributed by atoms with E-state index in [2.05, 4.69) is 22.2 Å². The van der Waals surface area contributed by atoms with Gasteiger partial charge >= 0.3 is 5.97 Å². The number of carboxylic acids is 1. The number of carboxylic acid groups (broad SMARTS) is 1. The number of aliphatic carboxylic acids is 1. The third-order valence-electron chi connectivity index (χ3n) is 3.27. The molecule has 20 heavy (non-hydrogen) atoms. The van der Waals surface area contributed by atoms with E-state index in [-0.39, 0.29) is 12.2 Å². The van der Waals surface area contributed by atoms with E-state index in [0.29, 0.717) is 24.6 Å². The number of rotatable bonds is 9. The molecule has 1 aromatic rings. The lowest BCUT2D eigenvalue weighted by atomic mass is 9.94. The van der Waals surface area contributed by atoms with Crippen molar-refractivity contribution < 1.29 is 14.3 Å². The predicted molar refractivity (Wildman–Crippen MR) is 75.1 cm³/mol. The molecule has 1 aromatic heterocycles. The number of hydrogen-bond donors (Lipinski definition) is 2. The van der Waals surface area contributed by atoms with Crippen molar-refractivity contribution in [3.05, 3.63) is 17.8 Å². The Morgan fingerprint density at radius 1 is 1.40 bits per heavy atom. The summed E-state index contributed by atoms with van der Waals surface area (Å²) in [5.74, 6) is -0.637. The molecule has 1 atom stereocenters. The number of carbonyl (C=O) groups is 1. The van der Waals surface area contributed by atoms with Crippen LogP contribution in [0.5, 0.6) is 0 Å². The molecule has 6 heteroatoms. The molecule has 1 heterocycles. The standard InChI is InChI=1S/C14H22FN3O2/c1-3-4-11(5-6-12(19)20)7-8-16-14-13(15)10(2)17-9-18-14/h9,11H,3-8H2,1-2H3,(H,19,20)(H,16,17,18). The van der Waals surface area contributed by atoms with Crippen LogP contribution in [0.25, 0.3) is 0 Å². The molecule has 0 spiro atoms. The highest BCUT2D eigenvalue weighted by atomic mass is 19.1. The fourth-order valence-corrected chi connectivity index (χ4v) is 2.14. The Balaban J connectivity index is 2.43. The second-order valence-corrected chi connectivity index (χ2v) is 4.92. The van der Waals surface area contributed by atoms with Gasteiger partial charge in [0.05, 0.1) is 5.69 Å². The van der Waals surface area contributed by atoms with E-state index in [1.165, 1.54) is 6.33 Å². The number of nitrogens with zero attached hydrogens (tertiary/aromatic N) is 2. The normalized spacial score (nSPS) is 12.2. The molecule has 0 aliphatic rings. The van der Waals surface area contributed by atoms with Crippen molar-refractivity contribution >= 4 is 11.8 Å². The molecule has 0 aliphatic heterocycles. The summed E-state index contributed by atoms with van der Waals surface area (Å²) >= 11 is 0. The van der Waals surface area contributed by atoms with Crippen LogP contribution in [0, 0.1) is 18.7 Å². The number of halogens is 1. The third-order valence-corrected chi connectivity index (χ3v) is 3.27. The minimum atomic E-state index is -0.767. The lowest BCUT2D eigenvalue weighted by molar-refractivity contribution is -0.137. The first-order valence-corrected chi connectivity index (χ1v) is 6.97. The highest BCUT2D eigenvalue weighted by Gasteiger charge is 2.11. The Hall–Kier alpha value is -1.72. The minimum Gasteiger partial charge on any atom is -0.481 e. The topological polar surface area (TPSA) is 75.1 Å². The lowest BCUT2D eigenvalue weighted by Gasteiger charge is -2.15. The van der Waals surface area contributed by atoms with Crippen LogP contribution in [0.3, 0.4) is 0 Å². The van der Waals surface area contributed by atoms with Gasteiger partial charge in [-0.25, -0.2) is 14.4 Å². The van der Waals surface area contributed by atoms with Crippen molar-refractivity contribution in [3.8, 4) is 0 Å². The zero-order valence-electron chi connectivity index (χ0n) is 12.0. The van der Waals surface area contributed by atoms with Crippen LogP contribution in [0.4, 0.5) is 10.2 Å². The molecule has 5 nitrogen and oxygen atoms in total. The summed E-state index contributed by atoms with van der Waals surface area (Å²) in [6.07, 6.45) is 4.99. The number of anilines is 1. The third kappa shape index (κ3) is 5.50. The largest absolute Gasteiger partial charge is 0.481 e. The van der Waals surface area contributed by atoms with Gasteiger partial charge in [0.1, 0.15) is 6.33 Å². The average Bonchev–Trinajstić information content (AvgIpc) is 2.40. The summed E-state index contributed by atoms with van der Waals surface area (Å²) in [7, 11) is 0. The van der Waals surface area contributed by atoms with Crippen molar-refractivity contribution in [1.29, 1.82) is 0 Å². The first kappa shape index (κ1) is 16.3. The van der Waals surface area contributed by atoms with E-state index < -0.39 is 11.8 Å². The maximum atomic E-state index is 13.7. The van der Waals surface area contributed by atoms with E-state index in [0.717, 1.165) is 19.3 Å². The molecule has 0 radical (unpaired) electrons. The van der Waals surface area contributed by atoms with E-state index >= 15 is 0 Å². The highest BCUT2D eigenvalue weighted by molar-refractivity contribution is 5.66. The van der Waals surface area contributed by atoms with E-state index in [4.69, 9.17) is 5.11 Å². The Morgan fingerprint density at radius 2 is 2.15 bits per heavy atom. The quantitative estimate of drug-likeness (QED) is 0.728. The highest BCUT2D eigenvalue weighted by Crippen LogP contribution is 2.18. The lowest BCUT2D eigenvalue weighted by Crippen LogP contribution is -2.13. The number of hydrogen-bond acceptors (Lipinski definition) is 4. The first-order chi connectivity index (χ1) is 9.54. The maximum Gasteiger partial charge on any atom is 0.303 e. The molecule has 2 N–H and O–H groups in total. The summed E-state index contributed by atoms with van der Waals surface area (Å²) in [6.45, 7) is 4.25. The van der Waals surface area contributed by atoms with Crippen LogP contribution in [0.1, 0.15) is 44.7 Å². The summed E-state index contributed by atoms with van der Waals surface area (Å²) in [4.78, 5) is 18.2. The predicted octanol–water partition coefficient (Wildman–Crippen LogP) is 3.01. The SMILES string of the molecule is CCCC(CCNc1ncnc(C)c1F)CCC(=O)O. The summed E-state index contributed by atoms with van der Waals surface area (Å²) in [5, 5.41) is 11.7. The molecule has 0 aromatic carbocycles. The Kier molecular flexibility index (Phi) is 6.90. The number of aromatic nitrogens is 2. The first-order valence-electron chi connectivity index (χ1n) is 6.97. The van der Waals surface area contributed by atoms with Crippen molar-refractivity contribution in [2.45, 2.75) is 46.0 Å². The van der Waals surface area contributed by atoms with Gasteiger partial charge in [0.25, 0.3) is 0 Å². The molecule has 0 aliphatic carbocycles. The van der Waals surface area contributed by atoms with Crippen LogP contribution in [-0.4, -0.2) is 27.6 Å². The van der Waals surface area contributed by atoms with E-state index in [1.807, 2.05) is 0 Å². The summed E-state index contributed by atoms with van der Waals surface area (Å²) in [5.41, 5.74) is 0.318. The van der Waals surface area contributed by atoms with Crippen molar-refractivity contribution in [3.63, 3.8) is 0 Å². The van der Waals surface area contributed by atoms with Crippen LogP contribution in [0.2, 0.25) is 0 Å². The Morgan fingerprint density at radius 3 is 2.80 bits per heavy atom. The fraction of sp³-hybridized carbons (Fsp3) is 0.643. The van der Waals surface area contributed by atoms with Crippen LogP contribution in [0.15, 0.2) is 6.33 Å². The zero-order chi connectivity index (χ0) is 15.0.